The van der Waals surface area contributed by atoms with Crippen molar-refractivity contribution in [2.24, 2.45) is 0 Å². The summed E-state index contributed by atoms with van der Waals surface area (Å²) >= 11 is 0. The molecular weight excluding hydrogens is 368 g/mol. The minimum atomic E-state index is -0.181. The van der Waals surface area contributed by atoms with Crippen molar-refractivity contribution in [2.45, 2.75) is 13.0 Å². The monoisotopic (exact) mass is 394 g/mol. The zero-order chi connectivity index (χ0) is 20.8. The van der Waals surface area contributed by atoms with Crippen molar-refractivity contribution in [3.8, 4) is 28.4 Å². The largest absolute Gasteiger partial charge is 0.493 e. The van der Waals surface area contributed by atoms with Gasteiger partial charge in [-0.1, -0.05) is 18.2 Å². The molecule has 0 spiro atoms. The smallest absolute Gasteiger partial charge is 0.255 e. The summed E-state index contributed by atoms with van der Waals surface area (Å²) in [4.78, 5) is 12.9. The van der Waals surface area contributed by atoms with Gasteiger partial charge in [0.15, 0.2) is 11.5 Å². The third-order valence-corrected chi connectivity index (χ3v) is 4.70. The minimum Gasteiger partial charge on any atom is -0.493 e. The zero-order valence-corrected chi connectivity index (χ0v) is 17.1. The first-order valence-corrected chi connectivity index (χ1v) is 9.40. The molecular formula is C22H26N4O3. The number of carbonyl (C=O) groups excluding carboxylic acids is 1. The van der Waals surface area contributed by atoms with Gasteiger partial charge in [0.2, 0.25) is 0 Å². The molecule has 0 aliphatic heterocycles. The summed E-state index contributed by atoms with van der Waals surface area (Å²) in [7, 11) is 5.03. The van der Waals surface area contributed by atoms with E-state index in [0.29, 0.717) is 29.3 Å². The number of amides is 1. The molecule has 0 bridgehead atoms. The van der Waals surface area contributed by atoms with Gasteiger partial charge in [0, 0.05) is 24.3 Å². The van der Waals surface area contributed by atoms with E-state index in [1.807, 2.05) is 56.4 Å². The molecule has 3 rings (SSSR count). The number of rotatable bonds is 8. The van der Waals surface area contributed by atoms with Gasteiger partial charge in [-0.2, -0.15) is 5.10 Å². The van der Waals surface area contributed by atoms with Crippen molar-refractivity contribution in [3.63, 3.8) is 0 Å². The van der Waals surface area contributed by atoms with Crippen LogP contribution in [0.4, 0.5) is 0 Å². The molecule has 1 heterocycles. The number of carbonyl (C=O) groups is 1. The number of hydrogen-bond donors (Lipinski definition) is 2. The quantitative estimate of drug-likeness (QED) is 0.614. The van der Waals surface area contributed by atoms with Gasteiger partial charge in [0.25, 0.3) is 5.91 Å². The average Bonchev–Trinajstić information content (AvgIpc) is 3.22. The Hall–Kier alpha value is -3.32. The first-order valence-electron chi connectivity index (χ1n) is 9.40. The molecule has 1 atom stereocenters. The van der Waals surface area contributed by atoms with Crippen LogP contribution >= 0.6 is 0 Å². The molecule has 152 valence electrons. The fourth-order valence-electron chi connectivity index (χ4n) is 2.89. The van der Waals surface area contributed by atoms with E-state index in [0.717, 1.165) is 11.3 Å². The number of ether oxygens (including phenoxy) is 2. The number of benzene rings is 2. The second kappa shape index (κ2) is 9.25. The van der Waals surface area contributed by atoms with Crippen LogP contribution < -0.4 is 20.1 Å². The topological polar surface area (TPSA) is 77.4 Å². The van der Waals surface area contributed by atoms with Crippen molar-refractivity contribution < 1.29 is 14.3 Å². The minimum absolute atomic E-state index is 0.160. The summed E-state index contributed by atoms with van der Waals surface area (Å²) in [5.74, 6) is 1.01. The van der Waals surface area contributed by atoms with E-state index >= 15 is 0 Å². The summed E-state index contributed by atoms with van der Waals surface area (Å²) in [5, 5.41) is 10.8. The molecule has 1 unspecified atom stereocenters. The number of aromatic nitrogens is 2. The van der Waals surface area contributed by atoms with Crippen LogP contribution in [-0.4, -0.2) is 49.5 Å². The molecule has 0 aliphatic carbocycles. The maximum absolute atomic E-state index is 12.9. The van der Waals surface area contributed by atoms with Gasteiger partial charge in [-0.25, -0.2) is 4.68 Å². The maximum atomic E-state index is 12.9. The van der Waals surface area contributed by atoms with Gasteiger partial charge in [-0.15, -0.1) is 0 Å². The Kier molecular flexibility index (Phi) is 6.51. The third-order valence-electron chi connectivity index (χ3n) is 4.70. The number of para-hydroxylation sites is 1. The van der Waals surface area contributed by atoms with Crippen LogP contribution in [0.1, 0.15) is 17.3 Å². The number of nitrogens with zero attached hydrogens (tertiary/aromatic N) is 2. The van der Waals surface area contributed by atoms with Gasteiger partial charge >= 0.3 is 0 Å². The highest BCUT2D eigenvalue weighted by Gasteiger charge is 2.20. The van der Waals surface area contributed by atoms with E-state index in [-0.39, 0.29) is 11.9 Å². The van der Waals surface area contributed by atoms with E-state index in [9.17, 15) is 4.79 Å². The Bertz CT molecular complexity index is 969. The summed E-state index contributed by atoms with van der Waals surface area (Å²) < 4.78 is 12.4. The molecule has 0 aliphatic rings. The second-order valence-electron chi connectivity index (χ2n) is 6.64. The fraction of sp³-hybridized carbons (Fsp3) is 0.273. The number of hydrogen-bond acceptors (Lipinski definition) is 5. The van der Waals surface area contributed by atoms with Crippen LogP contribution in [0.5, 0.6) is 11.5 Å². The molecule has 0 radical (unpaired) electrons. The Morgan fingerprint density at radius 2 is 1.83 bits per heavy atom. The molecule has 1 amide bonds. The van der Waals surface area contributed by atoms with Crippen molar-refractivity contribution in [3.05, 3.63) is 60.3 Å². The molecule has 7 nitrogen and oxygen atoms in total. The van der Waals surface area contributed by atoms with Crippen LogP contribution in [-0.2, 0) is 0 Å². The lowest BCUT2D eigenvalue weighted by Gasteiger charge is -2.12. The summed E-state index contributed by atoms with van der Waals surface area (Å²) in [6.45, 7) is 2.51. The lowest BCUT2D eigenvalue weighted by molar-refractivity contribution is 0.0951. The molecule has 7 heteroatoms. The zero-order valence-electron chi connectivity index (χ0n) is 17.1. The Morgan fingerprint density at radius 1 is 1.10 bits per heavy atom. The van der Waals surface area contributed by atoms with Gasteiger partial charge in [-0.05, 0) is 44.3 Å². The number of likely N-dealkylation sites (N-methyl/N-ethyl adjacent to an activating group) is 1. The van der Waals surface area contributed by atoms with Crippen LogP contribution in [0.2, 0.25) is 0 Å². The normalized spacial score (nSPS) is 11.7. The lowest BCUT2D eigenvalue weighted by Crippen LogP contribution is -2.37. The molecule has 3 aromatic rings. The maximum Gasteiger partial charge on any atom is 0.255 e. The first kappa shape index (κ1) is 20.4. The fourth-order valence-corrected chi connectivity index (χ4v) is 2.89. The van der Waals surface area contributed by atoms with Crippen molar-refractivity contribution in [2.75, 3.05) is 27.8 Å². The molecule has 0 saturated heterocycles. The molecule has 0 fully saturated rings. The van der Waals surface area contributed by atoms with E-state index in [2.05, 4.69) is 10.6 Å². The Morgan fingerprint density at radius 3 is 2.48 bits per heavy atom. The van der Waals surface area contributed by atoms with Gasteiger partial charge in [0.05, 0.1) is 25.5 Å². The highest BCUT2D eigenvalue weighted by Crippen LogP contribution is 2.33. The van der Waals surface area contributed by atoms with Crippen LogP contribution in [0.3, 0.4) is 0 Å². The van der Waals surface area contributed by atoms with Crippen molar-refractivity contribution in [1.29, 1.82) is 0 Å². The molecule has 29 heavy (non-hydrogen) atoms. The molecule has 2 aromatic carbocycles. The standard InChI is InChI=1S/C22H26N4O3/c1-15(23-2)13-24-22(27)18-14-26(17-8-6-5-7-9-17)25-21(18)16-10-11-19(28-3)20(12-16)29-4/h5-12,14-15,23H,13H2,1-4H3,(H,24,27). The predicted molar refractivity (Wildman–Crippen MR) is 113 cm³/mol. The van der Waals surface area contributed by atoms with E-state index in [4.69, 9.17) is 14.6 Å². The Labute approximate surface area is 170 Å². The van der Waals surface area contributed by atoms with Gasteiger partial charge in [0.1, 0.15) is 5.69 Å². The summed E-state index contributed by atoms with van der Waals surface area (Å²) in [5.41, 5.74) is 2.70. The molecule has 2 N–H and O–H groups in total. The van der Waals surface area contributed by atoms with Crippen molar-refractivity contribution >= 4 is 5.91 Å². The second-order valence-corrected chi connectivity index (χ2v) is 6.64. The lowest BCUT2D eigenvalue weighted by atomic mass is 10.1. The van der Waals surface area contributed by atoms with Crippen LogP contribution in [0, 0.1) is 0 Å². The highest BCUT2D eigenvalue weighted by atomic mass is 16.5. The van der Waals surface area contributed by atoms with Gasteiger partial charge in [-0.3, -0.25) is 4.79 Å². The molecule has 1 aromatic heterocycles. The Balaban J connectivity index is 2.04. The van der Waals surface area contributed by atoms with Gasteiger partial charge < -0.3 is 20.1 Å². The van der Waals surface area contributed by atoms with E-state index in [1.165, 1.54) is 0 Å². The van der Waals surface area contributed by atoms with Crippen molar-refractivity contribution in [1.82, 2.24) is 20.4 Å². The number of nitrogens with one attached hydrogen (secondary N) is 2. The average molecular weight is 394 g/mol. The van der Waals surface area contributed by atoms with Crippen LogP contribution in [0.25, 0.3) is 16.9 Å². The summed E-state index contributed by atoms with van der Waals surface area (Å²) in [6.07, 6.45) is 1.75. The SMILES string of the molecule is CNC(C)CNC(=O)c1cn(-c2ccccc2)nc1-c1ccc(OC)c(OC)c1. The highest BCUT2D eigenvalue weighted by molar-refractivity contribution is 6.00. The summed E-state index contributed by atoms with van der Waals surface area (Å²) in [6, 6.07) is 15.3. The predicted octanol–water partition coefficient (Wildman–Crippen LogP) is 2.89. The third kappa shape index (κ3) is 4.57. The van der Waals surface area contributed by atoms with E-state index in [1.54, 1.807) is 31.2 Å². The van der Waals surface area contributed by atoms with Crippen LogP contribution in [0.15, 0.2) is 54.7 Å². The first-order chi connectivity index (χ1) is 14.1. The number of methoxy groups -OCH3 is 2. The van der Waals surface area contributed by atoms with E-state index < -0.39 is 0 Å². The molecule has 0 saturated carbocycles.